The number of nitrogens with zero attached hydrogens (tertiary/aromatic N) is 2. The van der Waals surface area contributed by atoms with Gasteiger partial charge in [0.2, 0.25) is 0 Å². The van der Waals surface area contributed by atoms with Crippen molar-refractivity contribution in [2.24, 2.45) is 0 Å². The topological polar surface area (TPSA) is 6.48 Å². The first-order valence-corrected chi connectivity index (χ1v) is 7.10. The molecule has 0 spiro atoms. The number of thiol groups is 1. The van der Waals surface area contributed by atoms with Gasteiger partial charge in [-0.15, -0.1) is 0 Å². The van der Waals surface area contributed by atoms with E-state index in [-0.39, 0.29) is 0 Å². The van der Waals surface area contributed by atoms with E-state index in [2.05, 4.69) is 22.4 Å². The molecule has 2 rings (SSSR count). The van der Waals surface area contributed by atoms with Crippen LogP contribution < -0.4 is 0 Å². The fourth-order valence-corrected chi connectivity index (χ4v) is 3.09. The van der Waals surface area contributed by atoms with Gasteiger partial charge in [0.15, 0.2) is 0 Å². The Morgan fingerprint density at radius 2 is 1.87 bits per heavy atom. The molecule has 3 heteroatoms. The highest BCUT2D eigenvalue weighted by Crippen LogP contribution is 2.20. The van der Waals surface area contributed by atoms with Crippen LogP contribution >= 0.6 is 12.6 Å². The molecule has 15 heavy (non-hydrogen) atoms. The summed E-state index contributed by atoms with van der Waals surface area (Å²) in [6, 6.07) is 0.878. The van der Waals surface area contributed by atoms with Crippen molar-refractivity contribution in [1.29, 1.82) is 0 Å². The van der Waals surface area contributed by atoms with Crippen molar-refractivity contribution in [3.8, 4) is 0 Å². The molecule has 0 aromatic heterocycles. The number of hydrogen-bond acceptors (Lipinski definition) is 3. The molecule has 2 fully saturated rings. The summed E-state index contributed by atoms with van der Waals surface area (Å²) in [4.78, 5) is 5.35. The summed E-state index contributed by atoms with van der Waals surface area (Å²) in [5, 5.41) is 0. The van der Waals surface area contributed by atoms with E-state index in [4.69, 9.17) is 0 Å². The van der Waals surface area contributed by atoms with Crippen molar-refractivity contribution in [3.05, 3.63) is 0 Å². The van der Waals surface area contributed by atoms with Gasteiger partial charge in [0.05, 0.1) is 0 Å². The van der Waals surface area contributed by atoms with E-state index in [0.29, 0.717) is 0 Å². The summed E-state index contributed by atoms with van der Waals surface area (Å²) in [7, 11) is 0. The first-order valence-electron chi connectivity index (χ1n) is 6.47. The summed E-state index contributed by atoms with van der Waals surface area (Å²) in [5.74, 6) is 1.05. The number of rotatable bonds is 5. The average molecular weight is 228 g/mol. The van der Waals surface area contributed by atoms with Gasteiger partial charge < -0.3 is 4.90 Å². The molecular weight excluding hydrogens is 204 g/mol. The molecule has 0 radical (unpaired) electrons. The van der Waals surface area contributed by atoms with Gasteiger partial charge in [-0.25, -0.2) is 0 Å². The van der Waals surface area contributed by atoms with Crippen molar-refractivity contribution in [2.45, 2.75) is 38.1 Å². The summed E-state index contributed by atoms with van der Waals surface area (Å²) < 4.78 is 0. The van der Waals surface area contributed by atoms with Crippen molar-refractivity contribution < 1.29 is 0 Å². The monoisotopic (exact) mass is 228 g/mol. The SMILES string of the molecule is SCCCCN1CCC(N2CCCC2)C1. The van der Waals surface area contributed by atoms with Crippen LogP contribution in [0.5, 0.6) is 0 Å². The lowest BCUT2D eigenvalue weighted by atomic mass is 10.2. The van der Waals surface area contributed by atoms with Crippen molar-refractivity contribution in [3.63, 3.8) is 0 Å². The maximum Gasteiger partial charge on any atom is 0.0235 e. The van der Waals surface area contributed by atoms with Crippen molar-refractivity contribution in [1.82, 2.24) is 9.80 Å². The van der Waals surface area contributed by atoms with Crippen LogP contribution in [0, 0.1) is 0 Å². The van der Waals surface area contributed by atoms with Gasteiger partial charge in [-0.05, 0) is 64.0 Å². The Labute approximate surface area is 99.4 Å². The zero-order chi connectivity index (χ0) is 10.5. The highest BCUT2D eigenvalue weighted by atomic mass is 32.1. The third-order valence-corrected chi connectivity index (χ3v) is 4.10. The second-order valence-electron chi connectivity index (χ2n) is 4.92. The molecule has 2 aliphatic heterocycles. The standard InChI is InChI=1S/C12H24N2S/c15-10-4-3-6-13-9-5-12(11-13)14-7-1-2-8-14/h12,15H,1-11H2. The molecule has 1 unspecified atom stereocenters. The Kier molecular flexibility index (Phi) is 4.79. The molecule has 0 aromatic rings. The van der Waals surface area contributed by atoms with Crippen LogP contribution in [0.2, 0.25) is 0 Å². The lowest BCUT2D eigenvalue weighted by Gasteiger charge is -2.23. The molecule has 0 aliphatic carbocycles. The summed E-state index contributed by atoms with van der Waals surface area (Å²) in [6.45, 7) is 6.66. The van der Waals surface area contributed by atoms with Crippen molar-refractivity contribution >= 4 is 12.6 Å². The van der Waals surface area contributed by atoms with Gasteiger partial charge in [0.1, 0.15) is 0 Å². The van der Waals surface area contributed by atoms with E-state index in [9.17, 15) is 0 Å². The Balaban J connectivity index is 1.65. The number of unbranched alkanes of at least 4 members (excludes halogenated alkanes) is 1. The van der Waals surface area contributed by atoms with Gasteiger partial charge in [-0.3, -0.25) is 4.90 Å². The molecule has 0 aromatic carbocycles. The highest BCUT2D eigenvalue weighted by molar-refractivity contribution is 7.80. The largest absolute Gasteiger partial charge is 0.302 e. The van der Waals surface area contributed by atoms with Gasteiger partial charge in [0.25, 0.3) is 0 Å². The van der Waals surface area contributed by atoms with Gasteiger partial charge >= 0.3 is 0 Å². The van der Waals surface area contributed by atoms with E-state index in [1.807, 2.05) is 0 Å². The minimum Gasteiger partial charge on any atom is -0.302 e. The molecule has 2 saturated heterocycles. The van der Waals surface area contributed by atoms with Crippen LogP contribution in [-0.2, 0) is 0 Å². The van der Waals surface area contributed by atoms with E-state index < -0.39 is 0 Å². The van der Waals surface area contributed by atoms with Crippen LogP contribution in [0.3, 0.4) is 0 Å². The third-order valence-electron chi connectivity index (χ3n) is 3.79. The van der Waals surface area contributed by atoms with E-state index >= 15 is 0 Å². The van der Waals surface area contributed by atoms with Crippen LogP contribution in [0.4, 0.5) is 0 Å². The second-order valence-corrected chi connectivity index (χ2v) is 5.36. The Morgan fingerprint density at radius 1 is 1.07 bits per heavy atom. The Bertz CT molecular complexity index is 180. The minimum absolute atomic E-state index is 0.878. The van der Waals surface area contributed by atoms with Crippen LogP contribution in [-0.4, -0.2) is 54.3 Å². The molecule has 2 aliphatic rings. The quantitative estimate of drug-likeness (QED) is 0.567. The summed E-state index contributed by atoms with van der Waals surface area (Å²) >= 11 is 4.26. The predicted molar refractivity (Wildman–Crippen MR) is 68.7 cm³/mol. The molecule has 0 amide bonds. The van der Waals surface area contributed by atoms with Crippen LogP contribution in [0.25, 0.3) is 0 Å². The van der Waals surface area contributed by atoms with Gasteiger partial charge in [-0.1, -0.05) is 0 Å². The van der Waals surface area contributed by atoms with Crippen molar-refractivity contribution in [2.75, 3.05) is 38.5 Å². The average Bonchev–Trinajstić information content (AvgIpc) is 2.87. The first-order chi connectivity index (χ1) is 7.40. The molecule has 1 atom stereocenters. The highest BCUT2D eigenvalue weighted by Gasteiger charge is 2.28. The fraction of sp³-hybridized carbons (Fsp3) is 1.00. The Hall–Kier alpha value is 0.270. The zero-order valence-corrected chi connectivity index (χ0v) is 10.6. The van der Waals surface area contributed by atoms with E-state index in [1.54, 1.807) is 0 Å². The number of likely N-dealkylation sites (tertiary alicyclic amines) is 2. The van der Waals surface area contributed by atoms with Crippen LogP contribution in [0.1, 0.15) is 32.1 Å². The normalized spacial score (nSPS) is 29.0. The molecule has 0 bridgehead atoms. The number of hydrogen-bond donors (Lipinski definition) is 1. The lowest BCUT2D eigenvalue weighted by Crippen LogP contribution is -2.35. The molecular formula is C12H24N2S. The van der Waals surface area contributed by atoms with E-state index in [0.717, 1.165) is 11.8 Å². The molecule has 2 nitrogen and oxygen atoms in total. The zero-order valence-electron chi connectivity index (χ0n) is 9.70. The Morgan fingerprint density at radius 3 is 2.60 bits per heavy atom. The minimum atomic E-state index is 0.878. The van der Waals surface area contributed by atoms with Crippen LogP contribution in [0.15, 0.2) is 0 Å². The van der Waals surface area contributed by atoms with Gasteiger partial charge in [-0.2, -0.15) is 12.6 Å². The maximum absolute atomic E-state index is 4.26. The predicted octanol–water partition coefficient (Wildman–Crippen LogP) is 1.87. The second kappa shape index (κ2) is 6.12. The molecule has 0 saturated carbocycles. The van der Waals surface area contributed by atoms with E-state index in [1.165, 1.54) is 64.8 Å². The third kappa shape index (κ3) is 3.36. The molecule has 88 valence electrons. The maximum atomic E-state index is 4.26. The molecule has 0 N–H and O–H groups in total. The molecule has 2 heterocycles. The summed E-state index contributed by atoms with van der Waals surface area (Å²) in [5.41, 5.74) is 0. The fourth-order valence-electron chi connectivity index (χ4n) is 2.87. The van der Waals surface area contributed by atoms with Gasteiger partial charge in [0, 0.05) is 12.6 Å². The smallest absolute Gasteiger partial charge is 0.0235 e. The first kappa shape index (κ1) is 11.7. The summed E-state index contributed by atoms with van der Waals surface area (Å²) in [6.07, 6.45) is 6.86. The lowest BCUT2D eigenvalue weighted by molar-refractivity contribution is 0.231.